The van der Waals surface area contributed by atoms with Crippen LogP contribution in [0.4, 0.5) is 5.69 Å². The lowest BCUT2D eigenvalue weighted by Gasteiger charge is -2.40. The number of rotatable bonds is 3. The number of nitrogens with zero attached hydrogens (tertiary/aromatic N) is 1. The average Bonchev–Trinajstić information content (AvgIpc) is 2.37. The molecule has 0 aliphatic heterocycles. The fourth-order valence-electron chi connectivity index (χ4n) is 2.95. The predicted molar refractivity (Wildman–Crippen MR) is 85.5 cm³/mol. The third-order valence-corrected chi connectivity index (χ3v) is 4.92. The Hall–Kier alpha value is -1.03. The Bertz CT molecular complexity index is 503. The van der Waals surface area contributed by atoms with Crippen molar-refractivity contribution in [2.45, 2.75) is 45.6 Å². The van der Waals surface area contributed by atoms with Gasteiger partial charge in [-0.2, -0.15) is 0 Å². The number of hydrogen-bond donors (Lipinski definition) is 1. The molecule has 20 heavy (non-hydrogen) atoms. The third kappa shape index (κ3) is 3.35. The summed E-state index contributed by atoms with van der Waals surface area (Å²) >= 11 is 3.44. The molecule has 2 rings (SSSR count). The minimum atomic E-state index is -0.865. The summed E-state index contributed by atoms with van der Waals surface area (Å²) in [5, 5.41) is 9.34. The molecule has 3 nitrogen and oxygen atoms in total. The van der Waals surface area contributed by atoms with Crippen LogP contribution in [-0.4, -0.2) is 24.2 Å². The molecule has 0 amide bonds. The van der Waals surface area contributed by atoms with Crippen molar-refractivity contribution in [1.82, 2.24) is 0 Å². The van der Waals surface area contributed by atoms with Gasteiger partial charge in [0.25, 0.3) is 0 Å². The molecule has 0 saturated heterocycles. The zero-order chi connectivity index (χ0) is 14.9. The van der Waals surface area contributed by atoms with Gasteiger partial charge in [0.15, 0.2) is 0 Å². The molecular formula is C16H22BrNO2. The van der Waals surface area contributed by atoms with Gasteiger partial charge in [-0.15, -0.1) is 0 Å². The van der Waals surface area contributed by atoms with Crippen LogP contribution in [-0.2, 0) is 0 Å². The Labute approximate surface area is 129 Å². The lowest BCUT2D eigenvalue weighted by atomic mass is 9.75. The summed E-state index contributed by atoms with van der Waals surface area (Å²) < 4.78 is 0.917. The zero-order valence-electron chi connectivity index (χ0n) is 12.3. The van der Waals surface area contributed by atoms with E-state index in [0.717, 1.165) is 23.0 Å². The summed E-state index contributed by atoms with van der Waals surface area (Å²) in [4.78, 5) is 13.5. The smallest absolute Gasteiger partial charge is 0.337 e. The van der Waals surface area contributed by atoms with Gasteiger partial charge in [-0.25, -0.2) is 4.79 Å². The van der Waals surface area contributed by atoms with Gasteiger partial charge in [-0.1, -0.05) is 29.8 Å². The number of aromatic carboxylic acids is 1. The Morgan fingerprint density at radius 3 is 2.50 bits per heavy atom. The summed E-state index contributed by atoms with van der Waals surface area (Å²) in [5.41, 5.74) is 1.60. The normalized spacial score (nSPS) is 18.8. The van der Waals surface area contributed by atoms with Gasteiger partial charge in [-0.3, -0.25) is 0 Å². The monoisotopic (exact) mass is 339 g/mol. The van der Waals surface area contributed by atoms with Crippen LogP contribution in [0.3, 0.4) is 0 Å². The van der Waals surface area contributed by atoms with E-state index in [2.05, 4.69) is 34.7 Å². The number of carboxylic acids is 1. The number of carboxylic acid groups (broad SMARTS) is 1. The van der Waals surface area contributed by atoms with Crippen molar-refractivity contribution in [3.05, 3.63) is 28.2 Å². The van der Waals surface area contributed by atoms with E-state index in [-0.39, 0.29) is 0 Å². The topological polar surface area (TPSA) is 40.5 Å². The van der Waals surface area contributed by atoms with Crippen molar-refractivity contribution in [2.75, 3.05) is 11.9 Å². The van der Waals surface area contributed by atoms with E-state index in [1.54, 1.807) is 12.1 Å². The largest absolute Gasteiger partial charge is 0.478 e. The highest BCUT2D eigenvalue weighted by molar-refractivity contribution is 9.10. The van der Waals surface area contributed by atoms with E-state index >= 15 is 0 Å². The summed E-state index contributed by atoms with van der Waals surface area (Å²) in [6.07, 6.45) is 4.63. The number of benzene rings is 1. The number of halogens is 1. The molecule has 0 bridgehead atoms. The van der Waals surface area contributed by atoms with Crippen molar-refractivity contribution in [1.29, 1.82) is 0 Å². The standard InChI is InChI=1S/C16H22BrNO2/c1-16(2)8-6-12(7-9-16)18(3)14-10-11(17)4-5-13(14)15(19)20/h4-5,10,12H,6-9H2,1-3H3,(H,19,20). The van der Waals surface area contributed by atoms with Gasteiger partial charge in [0, 0.05) is 17.6 Å². The number of hydrogen-bond acceptors (Lipinski definition) is 2. The maximum atomic E-state index is 11.4. The minimum absolute atomic E-state index is 0.375. The van der Waals surface area contributed by atoms with E-state index < -0.39 is 5.97 Å². The predicted octanol–water partition coefficient (Wildman–Crippen LogP) is 4.55. The molecular weight excluding hydrogens is 318 g/mol. The molecule has 1 aliphatic rings. The van der Waals surface area contributed by atoms with Crippen LogP contribution in [0.15, 0.2) is 22.7 Å². The van der Waals surface area contributed by atoms with Gasteiger partial charge in [0.2, 0.25) is 0 Å². The molecule has 1 N–H and O–H groups in total. The minimum Gasteiger partial charge on any atom is -0.478 e. The zero-order valence-corrected chi connectivity index (χ0v) is 13.9. The Balaban J connectivity index is 2.23. The molecule has 1 fully saturated rings. The first kappa shape index (κ1) is 15.4. The highest BCUT2D eigenvalue weighted by Gasteiger charge is 2.30. The summed E-state index contributed by atoms with van der Waals surface area (Å²) in [5.74, 6) is -0.865. The van der Waals surface area contributed by atoms with Crippen LogP contribution < -0.4 is 4.90 Å². The summed E-state index contributed by atoms with van der Waals surface area (Å²) in [6.45, 7) is 4.62. The quantitative estimate of drug-likeness (QED) is 0.877. The SMILES string of the molecule is CN(c1cc(Br)ccc1C(=O)O)C1CCC(C)(C)CC1. The van der Waals surface area contributed by atoms with E-state index in [9.17, 15) is 9.90 Å². The van der Waals surface area contributed by atoms with Crippen LogP contribution in [0.1, 0.15) is 49.9 Å². The van der Waals surface area contributed by atoms with Gasteiger partial charge in [-0.05, 0) is 49.3 Å². The lowest BCUT2D eigenvalue weighted by molar-refractivity contribution is 0.0697. The molecule has 1 aromatic rings. The highest BCUT2D eigenvalue weighted by Crippen LogP contribution is 2.38. The fourth-order valence-corrected chi connectivity index (χ4v) is 3.29. The van der Waals surface area contributed by atoms with Crippen LogP contribution in [0.5, 0.6) is 0 Å². The molecule has 0 aromatic heterocycles. The molecule has 110 valence electrons. The Morgan fingerprint density at radius 2 is 1.95 bits per heavy atom. The molecule has 0 heterocycles. The first-order valence-electron chi connectivity index (χ1n) is 7.06. The van der Waals surface area contributed by atoms with Crippen molar-refractivity contribution < 1.29 is 9.90 Å². The number of carbonyl (C=O) groups is 1. The van der Waals surface area contributed by atoms with Crippen molar-refractivity contribution >= 4 is 27.6 Å². The molecule has 4 heteroatoms. The van der Waals surface area contributed by atoms with Crippen molar-refractivity contribution in [3.63, 3.8) is 0 Å². The average molecular weight is 340 g/mol. The van der Waals surface area contributed by atoms with Gasteiger partial charge in [0.1, 0.15) is 0 Å². The van der Waals surface area contributed by atoms with Crippen LogP contribution >= 0.6 is 15.9 Å². The van der Waals surface area contributed by atoms with E-state index in [0.29, 0.717) is 17.0 Å². The third-order valence-electron chi connectivity index (χ3n) is 4.43. The fraction of sp³-hybridized carbons (Fsp3) is 0.562. The molecule has 0 spiro atoms. The van der Waals surface area contributed by atoms with Crippen molar-refractivity contribution in [3.8, 4) is 0 Å². The summed E-state index contributed by atoms with van der Waals surface area (Å²) in [6, 6.07) is 5.79. The first-order chi connectivity index (χ1) is 9.30. The van der Waals surface area contributed by atoms with Crippen molar-refractivity contribution in [2.24, 2.45) is 5.41 Å². The highest BCUT2D eigenvalue weighted by atomic mass is 79.9. The molecule has 0 atom stereocenters. The molecule has 1 saturated carbocycles. The second kappa shape index (κ2) is 5.76. The van der Waals surface area contributed by atoms with Crippen LogP contribution in [0, 0.1) is 5.41 Å². The van der Waals surface area contributed by atoms with Crippen LogP contribution in [0.2, 0.25) is 0 Å². The lowest BCUT2D eigenvalue weighted by Crippen LogP contribution is -2.37. The van der Waals surface area contributed by atoms with Crippen LogP contribution in [0.25, 0.3) is 0 Å². The molecule has 0 radical (unpaired) electrons. The Morgan fingerprint density at radius 1 is 1.35 bits per heavy atom. The summed E-state index contributed by atoms with van der Waals surface area (Å²) in [7, 11) is 2.01. The van der Waals surface area contributed by atoms with Gasteiger partial charge >= 0.3 is 5.97 Å². The molecule has 1 aromatic carbocycles. The van der Waals surface area contributed by atoms with E-state index in [1.165, 1.54) is 12.8 Å². The molecule has 0 unspecified atom stereocenters. The Kier molecular flexibility index (Phi) is 4.43. The second-order valence-corrected chi connectivity index (χ2v) is 7.39. The maximum Gasteiger partial charge on any atom is 0.337 e. The second-order valence-electron chi connectivity index (χ2n) is 6.47. The van der Waals surface area contributed by atoms with E-state index in [1.807, 2.05) is 13.1 Å². The maximum absolute atomic E-state index is 11.4. The molecule has 1 aliphatic carbocycles. The van der Waals surface area contributed by atoms with E-state index in [4.69, 9.17) is 0 Å². The first-order valence-corrected chi connectivity index (χ1v) is 7.85. The van der Waals surface area contributed by atoms with Gasteiger partial charge in [0.05, 0.1) is 11.3 Å². The number of anilines is 1. The van der Waals surface area contributed by atoms with Gasteiger partial charge < -0.3 is 10.0 Å².